The Kier molecular flexibility index (Phi) is 6.94. The third-order valence-electron chi connectivity index (χ3n) is 3.39. The van der Waals surface area contributed by atoms with E-state index >= 15 is 0 Å². The molecule has 1 aliphatic rings. The van der Waals surface area contributed by atoms with Crippen molar-refractivity contribution in [3.8, 4) is 5.75 Å². The van der Waals surface area contributed by atoms with Gasteiger partial charge < -0.3 is 20.1 Å². The largest absolute Gasteiger partial charge is 0.573 e. The summed E-state index contributed by atoms with van der Waals surface area (Å²) in [5, 5.41) is 4.33. The van der Waals surface area contributed by atoms with Gasteiger partial charge in [0.1, 0.15) is 11.8 Å². The molecular weight excluding hydrogens is 389 g/mol. The predicted molar refractivity (Wildman–Crippen MR) is 91.2 cm³/mol. The minimum Gasteiger partial charge on any atom is -0.464 e. The quantitative estimate of drug-likeness (QED) is 0.703. The number of ether oxygens (including phenoxy) is 2. The molecule has 0 bridgehead atoms. The summed E-state index contributed by atoms with van der Waals surface area (Å²) < 4.78 is 44.9. The summed E-state index contributed by atoms with van der Waals surface area (Å²) >= 11 is 1.16. The van der Waals surface area contributed by atoms with Gasteiger partial charge in [-0.1, -0.05) is 0 Å². The molecule has 11 heteroatoms. The van der Waals surface area contributed by atoms with Crippen molar-refractivity contribution in [1.82, 2.24) is 5.32 Å². The summed E-state index contributed by atoms with van der Waals surface area (Å²) in [7, 11) is 0. The molecule has 1 aromatic carbocycles. The third kappa shape index (κ3) is 6.66. The fraction of sp³-hybridized carbons (Fsp3) is 0.438. The van der Waals surface area contributed by atoms with Gasteiger partial charge in [0.05, 0.1) is 11.9 Å². The van der Waals surface area contributed by atoms with Crippen molar-refractivity contribution in [1.29, 1.82) is 0 Å². The number of carbonyl (C=O) groups excluding carboxylic acids is 3. The van der Waals surface area contributed by atoms with Crippen LogP contribution in [0.2, 0.25) is 0 Å². The van der Waals surface area contributed by atoms with Crippen LogP contribution >= 0.6 is 11.8 Å². The van der Waals surface area contributed by atoms with Gasteiger partial charge in [-0.05, 0) is 31.2 Å². The highest BCUT2D eigenvalue weighted by Gasteiger charge is 2.34. The average Bonchev–Trinajstić information content (AvgIpc) is 2.57. The first-order valence-electron chi connectivity index (χ1n) is 7.92. The van der Waals surface area contributed by atoms with Crippen LogP contribution in [0.15, 0.2) is 24.3 Å². The van der Waals surface area contributed by atoms with Crippen LogP contribution < -0.4 is 15.4 Å². The standard InChI is InChI=1S/C16H17F3N2O5S/c1-2-25-15(24)11-8-27-12(14(23)21-11)7-13(22)20-9-3-5-10(6-4-9)26-16(17,18)19/h3-6,11-12H,2,7-8H2,1H3,(H,20,22)(H,21,23)/t11-,12-/m0/s1. The van der Waals surface area contributed by atoms with E-state index in [-0.39, 0.29) is 24.5 Å². The van der Waals surface area contributed by atoms with Crippen molar-refractivity contribution in [3.63, 3.8) is 0 Å². The zero-order valence-corrected chi connectivity index (χ0v) is 15.0. The summed E-state index contributed by atoms with van der Waals surface area (Å²) in [5.74, 6) is -1.59. The van der Waals surface area contributed by atoms with Crippen LogP contribution in [0.4, 0.5) is 18.9 Å². The summed E-state index contributed by atoms with van der Waals surface area (Å²) in [6, 6.07) is 3.89. The van der Waals surface area contributed by atoms with Crippen molar-refractivity contribution in [2.24, 2.45) is 0 Å². The molecule has 0 radical (unpaired) electrons. The molecule has 0 unspecified atom stereocenters. The van der Waals surface area contributed by atoms with Gasteiger partial charge in [-0.2, -0.15) is 0 Å². The first-order valence-corrected chi connectivity index (χ1v) is 8.97. The van der Waals surface area contributed by atoms with Crippen molar-refractivity contribution in [2.75, 3.05) is 17.7 Å². The maximum absolute atomic E-state index is 12.1. The van der Waals surface area contributed by atoms with Crippen LogP contribution in [0.5, 0.6) is 5.75 Å². The van der Waals surface area contributed by atoms with E-state index in [0.29, 0.717) is 0 Å². The van der Waals surface area contributed by atoms with Gasteiger partial charge >= 0.3 is 12.3 Å². The van der Waals surface area contributed by atoms with Crippen LogP contribution in [0, 0.1) is 0 Å². The summed E-state index contributed by atoms with van der Waals surface area (Å²) in [4.78, 5) is 35.7. The lowest BCUT2D eigenvalue weighted by molar-refractivity contribution is -0.274. The Labute approximate surface area is 157 Å². The van der Waals surface area contributed by atoms with Crippen molar-refractivity contribution in [3.05, 3.63) is 24.3 Å². The van der Waals surface area contributed by atoms with Crippen molar-refractivity contribution in [2.45, 2.75) is 31.0 Å². The van der Waals surface area contributed by atoms with E-state index in [9.17, 15) is 27.6 Å². The second-order valence-corrected chi connectivity index (χ2v) is 6.70. The molecule has 0 aliphatic carbocycles. The molecule has 1 aromatic rings. The molecule has 2 rings (SSSR count). The lowest BCUT2D eigenvalue weighted by Gasteiger charge is -2.27. The molecule has 0 saturated carbocycles. The number of hydrogen-bond donors (Lipinski definition) is 2. The topological polar surface area (TPSA) is 93.7 Å². The Morgan fingerprint density at radius 3 is 2.52 bits per heavy atom. The molecule has 1 saturated heterocycles. The van der Waals surface area contributed by atoms with Crippen LogP contribution in [-0.4, -0.2) is 47.8 Å². The van der Waals surface area contributed by atoms with Gasteiger partial charge in [0, 0.05) is 17.9 Å². The first-order chi connectivity index (χ1) is 12.7. The minimum atomic E-state index is -4.79. The summed E-state index contributed by atoms with van der Waals surface area (Å²) in [5.41, 5.74) is 0.264. The van der Waals surface area contributed by atoms with E-state index < -0.39 is 41.2 Å². The van der Waals surface area contributed by atoms with Crippen molar-refractivity contribution >= 4 is 35.2 Å². The molecule has 1 heterocycles. The second kappa shape index (κ2) is 8.98. The number of alkyl halides is 3. The summed E-state index contributed by atoms with van der Waals surface area (Å²) in [6.07, 6.45) is -4.94. The number of anilines is 1. The van der Waals surface area contributed by atoms with Gasteiger partial charge in [-0.15, -0.1) is 24.9 Å². The number of hydrogen-bond acceptors (Lipinski definition) is 6. The molecule has 148 valence electrons. The fourth-order valence-corrected chi connectivity index (χ4v) is 3.37. The number of rotatable bonds is 6. The maximum atomic E-state index is 12.1. The SMILES string of the molecule is CCOC(=O)[C@@H]1CS[C@@H](CC(=O)Nc2ccc(OC(F)(F)F)cc2)C(=O)N1. The Morgan fingerprint density at radius 2 is 1.96 bits per heavy atom. The van der Waals surface area contributed by atoms with Gasteiger partial charge in [0.15, 0.2) is 0 Å². The molecule has 7 nitrogen and oxygen atoms in total. The molecule has 2 atom stereocenters. The van der Waals surface area contributed by atoms with E-state index in [4.69, 9.17) is 4.74 Å². The highest BCUT2D eigenvalue weighted by atomic mass is 32.2. The Hall–Kier alpha value is -2.43. The van der Waals surface area contributed by atoms with Crippen LogP contribution in [0.25, 0.3) is 0 Å². The Bertz CT molecular complexity index is 696. The molecule has 1 fully saturated rings. The smallest absolute Gasteiger partial charge is 0.464 e. The third-order valence-corrected chi connectivity index (χ3v) is 4.70. The van der Waals surface area contributed by atoms with E-state index in [1.54, 1.807) is 6.92 Å². The van der Waals surface area contributed by atoms with E-state index in [0.717, 1.165) is 23.9 Å². The zero-order chi connectivity index (χ0) is 20.0. The maximum Gasteiger partial charge on any atom is 0.573 e. The molecule has 2 amide bonds. The highest BCUT2D eigenvalue weighted by Crippen LogP contribution is 2.25. The van der Waals surface area contributed by atoms with Gasteiger partial charge in [0.25, 0.3) is 0 Å². The number of carbonyl (C=O) groups is 3. The number of nitrogens with one attached hydrogen (secondary N) is 2. The monoisotopic (exact) mass is 406 g/mol. The minimum absolute atomic E-state index is 0.146. The van der Waals surface area contributed by atoms with Crippen LogP contribution in [0.1, 0.15) is 13.3 Å². The Balaban J connectivity index is 1.84. The zero-order valence-electron chi connectivity index (χ0n) is 14.2. The predicted octanol–water partition coefficient (Wildman–Crippen LogP) is 2.08. The average molecular weight is 406 g/mol. The molecule has 2 N–H and O–H groups in total. The number of esters is 1. The highest BCUT2D eigenvalue weighted by molar-refractivity contribution is 8.00. The van der Waals surface area contributed by atoms with E-state index in [2.05, 4.69) is 15.4 Å². The lowest BCUT2D eigenvalue weighted by Crippen LogP contribution is -2.51. The van der Waals surface area contributed by atoms with Crippen molar-refractivity contribution < 1.29 is 37.0 Å². The van der Waals surface area contributed by atoms with Gasteiger partial charge in [-0.3, -0.25) is 9.59 Å². The number of benzene rings is 1. The Morgan fingerprint density at radius 1 is 1.30 bits per heavy atom. The fourth-order valence-electron chi connectivity index (χ4n) is 2.24. The second-order valence-electron chi connectivity index (χ2n) is 5.46. The van der Waals surface area contributed by atoms with Gasteiger partial charge in [-0.25, -0.2) is 4.79 Å². The van der Waals surface area contributed by atoms with E-state index in [1.807, 2.05) is 0 Å². The molecular formula is C16H17F3N2O5S. The van der Waals surface area contributed by atoms with E-state index in [1.165, 1.54) is 12.1 Å². The lowest BCUT2D eigenvalue weighted by atomic mass is 10.2. The number of halogens is 3. The number of amides is 2. The molecule has 0 aromatic heterocycles. The first kappa shape index (κ1) is 20.9. The number of thioether (sulfide) groups is 1. The van der Waals surface area contributed by atoms with Crippen LogP contribution in [0.3, 0.4) is 0 Å². The molecule has 27 heavy (non-hydrogen) atoms. The normalized spacial score (nSPS) is 19.8. The molecule has 0 spiro atoms. The van der Waals surface area contributed by atoms with Crippen LogP contribution in [-0.2, 0) is 19.1 Å². The molecule has 1 aliphatic heterocycles. The summed E-state index contributed by atoms with van der Waals surface area (Å²) in [6.45, 7) is 1.86. The van der Waals surface area contributed by atoms with Gasteiger partial charge in [0.2, 0.25) is 11.8 Å².